The van der Waals surface area contributed by atoms with Crippen LogP contribution in [-0.4, -0.2) is 49.5 Å². The lowest BCUT2D eigenvalue weighted by Crippen LogP contribution is -2.38. The van der Waals surface area contributed by atoms with Crippen LogP contribution in [0.3, 0.4) is 0 Å². The smallest absolute Gasteiger partial charge is 0.222 e. The molecule has 1 aliphatic rings. The zero-order valence-corrected chi connectivity index (χ0v) is 21.2. The topological polar surface area (TPSA) is 66.0 Å². The largest absolute Gasteiger partial charge is 0.489 e. The van der Waals surface area contributed by atoms with Crippen LogP contribution in [0.2, 0.25) is 0 Å². The van der Waals surface area contributed by atoms with Crippen molar-refractivity contribution in [2.45, 2.75) is 39.2 Å². The summed E-state index contributed by atoms with van der Waals surface area (Å²) in [6, 6.07) is 18.5. The maximum absolute atomic E-state index is 11.7. The van der Waals surface area contributed by atoms with Crippen molar-refractivity contribution in [1.29, 1.82) is 0 Å². The molecule has 1 saturated heterocycles. The first-order chi connectivity index (χ1) is 15.2. The molecule has 1 aliphatic heterocycles. The van der Waals surface area contributed by atoms with E-state index in [4.69, 9.17) is 4.74 Å². The monoisotopic (exact) mass is 550 g/mol. The van der Waals surface area contributed by atoms with E-state index in [1.54, 1.807) is 0 Å². The minimum atomic E-state index is 0. The maximum Gasteiger partial charge on any atom is 0.222 e. The summed E-state index contributed by atoms with van der Waals surface area (Å²) in [7, 11) is 0. The molecule has 174 valence electrons. The van der Waals surface area contributed by atoms with Gasteiger partial charge in [0, 0.05) is 39.1 Å². The Morgan fingerprint density at radius 1 is 1.06 bits per heavy atom. The highest BCUT2D eigenvalue weighted by molar-refractivity contribution is 14.0. The van der Waals surface area contributed by atoms with Crippen LogP contribution in [0.1, 0.15) is 37.3 Å². The average molecular weight is 550 g/mol. The van der Waals surface area contributed by atoms with Crippen molar-refractivity contribution in [2.75, 3.05) is 32.7 Å². The SMILES string of the molecule is CCNC(=NCCCN1CCCC1=O)NCCc1ccc(OCc2ccccc2)cc1.I. The van der Waals surface area contributed by atoms with Gasteiger partial charge in [0.2, 0.25) is 5.91 Å². The molecule has 0 bridgehead atoms. The minimum absolute atomic E-state index is 0. The Morgan fingerprint density at radius 2 is 1.84 bits per heavy atom. The molecule has 2 N–H and O–H groups in total. The first kappa shape index (κ1) is 26.0. The second-order valence-corrected chi connectivity index (χ2v) is 7.69. The lowest BCUT2D eigenvalue weighted by Gasteiger charge is -2.15. The first-order valence-corrected chi connectivity index (χ1v) is 11.3. The van der Waals surface area contributed by atoms with Gasteiger partial charge in [-0.1, -0.05) is 42.5 Å². The molecule has 0 aromatic heterocycles. The zero-order valence-electron chi connectivity index (χ0n) is 18.9. The summed E-state index contributed by atoms with van der Waals surface area (Å²) in [5, 5.41) is 6.68. The Labute approximate surface area is 208 Å². The molecule has 1 fully saturated rings. The zero-order chi connectivity index (χ0) is 21.7. The minimum Gasteiger partial charge on any atom is -0.489 e. The van der Waals surface area contributed by atoms with Crippen molar-refractivity contribution in [3.05, 3.63) is 65.7 Å². The predicted molar refractivity (Wildman–Crippen MR) is 141 cm³/mol. The average Bonchev–Trinajstić information content (AvgIpc) is 3.21. The summed E-state index contributed by atoms with van der Waals surface area (Å²) in [4.78, 5) is 18.2. The number of likely N-dealkylation sites (tertiary alicyclic amines) is 1. The summed E-state index contributed by atoms with van der Waals surface area (Å²) < 4.78 is 5.85. The molecule has 7 heteroatoms. The van der Waals surface area contributed by atoms with E-state index >= 15 is 0 Å². The molecule has 0 spiro atoms. The van der Waals surface area contributed by atoms with Gasteiger partial charge in [0.15, 0.2) is 5.96 Å². The molecule has 0 aliphatic carbocycles. The quantitative estimate of drug-likeness (QED) is 0.192. The molecule has 2 aromatic rings. The fourth-order valence-corrected chi connectivity index (χ4v) is 3.55. The van der Waals surface area contributed by atoms with Crippen LogP contribution >= 0.6 is 24.0 Å². The number of ether oxygens (including phenoxy) is 1. The molecular formula is C25H35IN4O2. The fraction of sp³-hybridized carbons (Fsp3) is 0.440. The summed E-state index contributed by atoms with van der Waals surface area (Å²) in [6.07, 6.45) is 3.50. The van der Waals surface area contributed by atoms with Gasteiger partial charge >= 0.3 is 0 Å². The van der Waals surface area contributed by atoms with Crippen molar-refractivity contribution < 1.29 is 9.53 Å². The van der Waals surface area contributed by atoms with E-state index in [9.17, 15) is 4.79 Å². The van der Waals surface area contributed by atoms with Crippen molar-refractivity contribution in [3.8, 4) is 5.75 Å². The van der Waals surface area contributed by atoms with Gasteiger partial charge in [0.05, 0.1) is 0 Å². The highest BCUT2D eigenvalue weighted by Gasteiger charge is 2.18. The molecule has 0 unspecified atom stereocenters. The molecule has 1 amide bonds. The molecule has 0 saturated carbocycles. The highest BCUT2D eigenvalue weighted by atomic mass is 127. The van der Waals surface area contributed by atoms with Gasteiger partial charge in [-0.25, -0.2) is 0 Å². The Hall–Kier alpha value is -2.29. The molecule has 2 aromatic carbocycles. The number of rotatable bonds is 11. The van der Waals surface area contributed by atoms with Crippen LogP contribution < -0.4 is 15.4 Å². The lowest BCUT2D eigenvalue weighted by atomic mass is 10.1. The lowest BCUT2D eigenvalue weighted by molar-refractivity contribution is -0.127. The number of hydrogen-bond donors (Lipinski definition) is 2. The van der Waals surface area contributed by atoms with Gasteiger partial charge in [0.25, 0.3) is 0 Å². The number of amides is 1. The number of halogens is 1. The Morgan fingerprint density at radius 3 is 2.53 bits per heavy atom. The molecule has 6 nitrogen and oxygen atoms in total. The van der Waals surface area contributed by atoms with E-state index in [1.165, 1.54) is 5.56 Å². The molecule has 0 atom stereocenters. The third kappa shape index (κ3) is 9.06. The third-order valence-electron chi connectivity index (χ3n) is 5.25. The Bertz CT molecular complexity index is 828. The number of guanidine groups is 1. The van der Waals surface area contributed by atoms with Crippen molar-refractivity contribution in [3.63, 3.8) is 0 Å². The van der Waals surface area contributed by atoms with Crippen molar-refractivity contribution in [1.82, 2.24) is 15.5 Å². The third-order valence-corrected chi connectivity index (χ3v) is 5.25. The molecule has 0 radical (unpaired) electrons. The van der Waals surface area contributed by atoms with Crippen LogP contribution in [0.5, 0.6) is 5.75 Å². The standard InChI is InChI=1S/C25H34N4O2.HI/c1-2-26-25(27-16-7-19-29-18-6-10-24(29)30)28-17-15-21-11-13-23(14-12-21)31-20-22-8-4-3-5-9-22;/h3-5,8-9,11-14H,2,6-7,10,15-20H2,1H3,(H2,26,27,28);1H. The van der Waals surface area contributed by atoms with Crippen LogP contribution in [0.25, 0.3) is 0 Å². The van der Waals surface area contributed by atoms with Crippen LogP contribution in [0, 0.1) is 0 Å². The van der Waals surface area contributed by atoms with Gasteiger partial charge in [-0.3, -0.25) is 9.79 Å². The van der Waals surface area contributed by atoms with Crippen molar-refractivity contribution >= 4 is 35.8 Å². The van der Waals surface area contributed by atoms with E-state index in [1.807, 2.05) is 35.2 Å². The van der Waals surface area contributed by atoms with E-state index < -0.39 is 0 Å². The van der Waals surface area contributed by atoms with Gasteiger partial charge in [-0.2, -0.15) is 0 Å². The molecule has 3 rings (SSSR count). The summed E-state index contributed by atoms with van der Waals surface area (Å²) in [5.74, 6) is 2.00. The summed E-state index contributed by atoms with van der Waals surface area (Å²) in [5.41, 5.74) is 2.42. The second kappa shape index (κ2) is 14.7. The summed E-state index contributed by atoms with van der Waals surface area (Å²) >= 11 is 0. The normalized spacial score (nSPS) is 13.6. The van der Waals surface area contributed by atoms with Crippen LogP contribution in [0.4, 0.5) is 0 Å². The Balaban J connectivity index is 0.00000363. The van der Waals surface area contributed by atoms with E-state index in [0.29, 0.717) is 19.6 Å². The van der Waals surface area contributed by atoms with Gasteiger partial charge < -0.3 is 20.3 Å². The predicted octanol–water partition coefficient (Wildman–Crippen LogP) is 3.99. The van der Waals surface area contributed by atoms with Crippen molar-refractivity contribution in [2.24, 2.45) is 4.99 Å². The number of aliphatic imine (C=N–C) groups is 1. The van der Waals surface area contributed by atoms with Gasteiger partial charge in [0.1, 0.15) is 12.4 Å². The Kier molecular flexibility index (Phi) is 11.9. The van der Waals surface area contributed by atoms with E-state index in [-0.39, 0.29) is 29.9 Å². The fourth-order valence-electron chi connectivity index (χ4n) is 3.55. The van der Waals surface area contributed by atoms with Crippen LogP contribution in [-0.2, 0) is 17.8 Å². The number of hydrogen-bond acceptors (Lipinski definition) is 3. The highest BCUT2D eigenvalue weighted by Crippen LogP contribution is 2.14. The molecule has 1 heterocycles. The maximum atomic E-state index is 11.7. The first-order valence-electron chi connectivity index (χ1n) is 11.3. The number of carbonyl (C=O) groups is 1. The van der Waals surface area contributed by atoms with E-state index in [2.05, 4.69) is 46.8 Å². The number of benzene rings is 2. The van der Waals surface area contributed by atoms with Crippen LogP contribution in [0.15, 0.2) is 59.6 Å². The van der Waals surface area contributed by atoms with E-state index in [0.717, 1.165) is 62.7 Å². The number of nitrogens with one attached hydrogen (secondary N) is 2. The van der Waals surface area contributed by atoms with Gasteiger partial charge in [-0.05, 0) is 49.4 Å². The summed E-state index contributed by atoms with van der Waals surface area (Å²) in [6.45, 7) is 6.69. The van der Waals surface area contributed by atoms with Gasteiger partial charge in [-0.15, -0.1) is 24.0 Å². The molecule has 32 heavy (non-hydrogen) atoms. The molecular weight excluding hydrogens is 515 g/mol. The second-order valence-electron chi connectivity index (χ2n) is 7.69. The number of nitrogens with zero attached hydrogens (tertiary/aromatic N) is 2. The number of carbonyl (C=O) groups excluding carboxylic acids is 1.